The SMILES string of the molecule is CCCc1nc(COC2CCCCCC2N)no1. The number of rotatable bonds is 5. The summed E-state index contributed by atoms with van der Waals surface area (Å²) >= 11 is 0. The summed E-state index contributed by atoms with van der Waals surface area (Å²) in [7, 11) is 0. The average Bonchev–Trinajstić information content (AvgIpc) is 2.70. The predicted octanol–water partition coefficient (Wildman–Crippen LogP) is 2.20. The van der Waals surface area contributed by atoms with E-state index in [-0.39, 0.29) is 12.1 Å². The van der Waals surface area contributed by atoms with Crippen molar-refractivity contribution in [1.82, 2.24) is 10.1 Å². The summed E-state index contributed by atoms with van der Waals surface area (Å²) in [5.74, 6) is 1.33. The summed E-state index contributed by atoms with van der Waals surface area (Å²) in [4.78, 5) is 4.29. The van der Waals surface area contributed by atoms with Gasteiger partial charge in [-0.3, -0.25) is 0 Å². The fourth-order valence-corrected chi connectivity index (χ4v) is 2.35. The van der Waals surface area contributed by atoms with Crippen LogP contribution in [0.2, 0.25) is 0 Å². The van der Waals surface area contributed by atoms with Gasteiger partial charge in [-0.05, 0) is 19.3 Å². The summed E-state index contributed by atoms with van der Waals surface area (Å²) < 4.78 is 11.0. The minimum absolute atomic E-state index is 0.139. The molecule has 0 spiro atoms. The van der Waals surface area contributed by atoms with Crippen molar-refractivity contribution in [2.24, 2.45) is 5.73 Å². The first-order valence-electron chi connectivity index (χ1n) is 6.98. The summed E-state index contributed by atoms with van der Waals surface area (Å²) in [5, 5.41) is 3.92. The second-order valence-corrected chi connectivity index (χ2v) is 5.01. The van der Waals surface area contributed by atoms with E-state index < -0.39 is 0 Å². The summed E-state index contributed by atoms with van der Waals surface area (Å²) in [6.07, 6.45) is 7.75. The predicted molar refractivity (Wildman–Crippen MR) is 67.9 cm³/mol. The smallest absolute Gasteiger partial charge is 0.226 e. The van der Waals surface area contributed by atoms with Gasteiger partial charge in [0, 0.05) is 12.5 Å². The molecule has 1 aliphatic carbocycles. The zero-order valence-electron chi connectivity index (χ0n) is 11.1. The van der Waals surface area contributed by atoms with E-state index in [1.54, 1.807) is 0 Å². The lowest BCUT2D eigenvalue weighted by atomic mass is 10.1. The van der Waals surface area contributed by atoms with E-state index in [2.05, 4.69) is 17.1 Å². The van der Waals surface area contributed by atoms with Crippen LogP contribution >= 0.6 is 0 Å². The number of hydrogen-bond acceptors (Lipinski definition) is 5. The van der Waals surface area contributed by atoms with Crippen molar-refractivity contribution in [1.29, 1.82) is 0 Å². The Kier molecular flexibility index (Phi) is 5.13. The minimum Gasteiger partial charge on any atom is -0.368 e. The molecule has 1 aliphatic rings. The van der Waals surface area contributed by atoms with Gasteiger partial charge < -0.3 is 15.0 Å². The van der Waals surface area contributed by atoms with Crippen LogP contribution in [0, 0.1) is 0 Å². The van der Waals surface area contributed by atoms with E-state index in [4.69, 9.17) is 15.0 Å². The zero-order chi connectivity index (χ0) is 12.8. The third-order valence-electron chi connectivity index (χ3n) is 3.40. The third-order valence-corrected chi connectivity index (χ3v) is 3.40. The molecule has 1 saturated carbocycles. The summed E-state index contributed by atoms with van der Waals surface area (Å²) in [6.45, 7) is 2.50. The molecule has 1 aromatic rings. The van der Waals surface area contributed by atoms with Gasteiger partial charge >= 0.3 is 0 Å². The van der Waals surface area contributed by atoms with E-state index in [0.717, 1.165) is 25.7 Å². The lowest BCUT2D eigenvalue weighted by molar-refractivity contribution is 0.0152. The molecule has 5 heteroatoms. The van der Waals surface area contributed by atoms with Crippen molar-refractivity contribution in [3.05, 3.63) is 11.7 Å². The number of aromatic nitrogens is 2. The molecule has 102 valence electrons. The Balaban J connectivity index is 1.81. The van der Waals surface area contributed by atoms with Gasteiger partial charge in [-0.1, -0.05) is 31.3 Å². The quantitative estimate of drug-likeness (QED) is 0.814. The first kappa shape index (κ1) is 13.5. The van der Waals surface area contributed by atoms with Crippen LogP contribution in [0.4, 0.5) is 0 Å². The summed E-state index contributed by atoms with van der Waals surface area (Å²) in [6, 6.07) is 0.148. The number of nitrogens with two attached hydrogens (primary N) is 1. The van der Waals surface area contributed by atoms with Crippen molar-refractivity contribution in [3.63, 3.8) is 0 Å². The number of hydrogen-bond donors (Lipinski definition) is 1. The molecule has 2 atom stereocenters. The first-order valence-corrected chi connectivity index (χ1v) is 6.98. The van der Waals surface area contributed by atoms with Gasteiger partial charge in [0.25, 0.3) is 0 Å². The van der Waals surface area contributed by atoms with Crippen LogP contribution in [0.5, 0.6) is 0 Å². The second kappa shape index (κ2) is 6.85. The maximum absolute atomic E-state index is 6.11. The second-order valence-electron chi connectivity index (χ2n) is 5.01. The van der Waals surface area contributed by atoms with E-state index in [1.165, 1.54) is 19.3 Å². The Morgan fingerprint density at radius 1 is 1.33 bits per heavy atom. The molecule has 5 nitrogen and oxygen atoms in total. The lowest BCUT2D eigenvalue weighted by Crippen LogP contribution is -2.35. The van der Waals surface area contributed by atoms with Crippen LogP contribution in [0.15, 0.2) is 4.52 Å². The van der Waals surface area contributed by atoms with Crippen molar-refractivity contribution in [3.8, 4) is 0 Å². The molecule has 0 amide bonds. The minimum atomic E-state index is 0.139. The first-order chi connectivity index (χ1) is 8.79. The molecule has 2 rings (SSSR count). The molecule has 2 unspecified atom stereocenters. The van der Waals surface area contributed by atoms with Crippen LogP contribution in [-0.4, -0.2) is 22.3 Å². The maximum Gasteiger partial charge on any atom is 0.226 e. The molecule has 18 heavy (non-hydrogen) atoms. The Hall–Kier alpha value is -0.940. The van der Waals surface area contributed by atoms with Crippen molar-refractivity contribution < 1.29 is 9.26 Å². The maximum atomic E-state index is 6.11. The highest BCUT2D eigenvalue weighted by Crippen LogP contribution is 2.20. The fourth-order valence-electron chi connectivity index (χ4n) is 2.35. The average molecular weight is 253 g/mol. The molecule has 0 aliphatic heterocycles. The van der Waals surface area contributed by atoms with Crippen molar-refractivity contribution in [2.45, 2.75) is 70.6 Å². The topological polar surface area (TPSA) is 74.2 Å². The van der Waals surface area contributed by atoms with Gasteiger partial charge in [0.2, 0.25) is 5.89 Å². The molecule has 2 N–H and O–H groups in total. The number of aryl methyl sites for hydroxylation is 1. The fraction of sp³-hybridized carbons (Fsp3) is 0.846. The summed E-state index contributed by atoms with van der Waals surface area (Å²) in [5.41, 5.74) is 6.11. The van der Waals surface area contributed by atoms with Crippen LogP contribution < -0.4 is 5.73 Å². The van der Waals surface area contributed by atoms with Crippen molar-refractivity contribution in [2.75, 3.05) is 0 Å². The van der Waals surface area contributed by atoms with Crippen molar-refractivity contribution >= 4 is 0 Å². The van der Waals surface area contributed by atoms with Gasteiger partial charge in [0.1, 0.15) is 6.61 Å². The van der Waals surface area contributed by atoms with Gasteiger partial charge in [-0.25, -0.2) is 0 Å². The van der Waals surface area contributed by atoms with Crippen LogP contribution in [-0.2, 0) is 17.8 Å². The normalized spacial score (nSPS) is 25.0. The van der Waals surface area contributed by atoms with Gasteiger partial charge in [0.05, 0.1) is 6.10 Å². The highest BCUT2D eigenvalue weighted by atomic mass is 16.5. The monoisotopic (exact) mass is 253 g/mol. The largest absolute Gasteiger partial charge is 0.368 e. The molecular formula is C13H23N3O2. The molecule has 0 aromatic carbocycles. The molecule has 0 saturated heterocycles. The highest BCUT2D eigenvalue weighted by Gasteiger charge is 2.21. The van der Waals surface area contributed by atoms with E-state index in [9.17, 15) is 0 Å². The molecule has 0 radical (unpaired) electrons. The molecule has 1 heterocycles. The van der Waals surface area contributed by atoms with E-state index >= 15 is 0 Å². The zero-order valence-corrected chi connectivity index (χ0v) is 11.1. The number of ether oxygens (including phenoxy) is 1. The van der Waals surface area contributed by atoms with Gasteiger partial charge in [0.15, 0.2) is 5.82 Å². The Bertz CT molecular complexity index is 354. The third kappa shape index (κ3) is 3.78. The Morgan fingerprint density at radius 3 is 3.00 bits per heavy atom. The molecule has 0 bridgehead atoms. The van der Waals surface area contributed by atoms with Crippen LogP contribution in [0.25, 0.3) is 0 Å². The lowest BCUT2D eigenvalue weighted by Gasteiger charge is -2.20. The van der Waals surface area contributed by atoms with Crippen LogP contribution in [0.3, 0.4) is 0 Å². The highest BCUT2D eigenvalue weighted by molar-refractivity contribution is 4.85. The van der Waals surface area contributed by atoms with E-state index in [1.807, 2.05) is 0 Å². The van der Waals surface area contributed by atoms with Gasteiger partial charge in [-0.15, -0.1) is 0 Å². The standard InChI is InChI=1S/C13H23N3O2/c1-2-6-13-15-12(16-18-13)9-17-11-8-5-3-4-7-10(11)14/h10-11H,2-9,14H2,1H3. The van der Waals surface area contributed by atoms with Crippen LogP contribution in [0.1, 0.15) is 57.2 Å². The molecular weight excluding hydrogens is 230 g/mol. The van der Waals surface area contributed by atoms with Gasteiger partial charge in [-0.2, -0.15) is 4.98 Å². The number of nitrogens with zero attached hydrogens (tertiary/aromatic N) is 2. The molecule has 1 fully saturated rings. The van der Waals surface area contributed by atoms with E-state index in [0.29, 0.717) is 18.3 Å². The molecule has 1 aromatic heterocycles. The Labute approximate surface area is 108 Å². The Morgan fingerprint density at radius 2 is 2.17 bits per heavy atom.